The second-order valence-corrected chi connectivity index (χ2v) is 3.26. The lowest BCUT2D eigenvalue weighted by atomic mass is 9.99. The van der Waals surface area contributed by atoms with Gasteiger partial charge in [-0.2, -0.15) is 0 Å². The Kier molecular flexibility index (Phi) is 2.26. The summed E-state index contributed by atoms with van der Waals surface area (Å²) in [6, 6.07) is 8.70. The van der Waals surface area contributed by atoms with Gasteiger partial charge in [-0.3, -0.25) is 4.79 Å². The van der Waals surface area contributed by atoms with Gasteiger partial charge in [-0.05, 0) is 17.0 Å². The van der Waals surface area contributed by atoms with Crippen LogP contribution in [0.15, 0.2) is 36.9 Å². The van der Waals surface area contributed by atoms with Crippen molar-refractivity contribution in [2.24, 2.45) is 0 Å². The summed E-state index contributed by atoms with van der Waals surface area (Å²) in [5.41, 5.74) is 1.35. The second kappa shape index (κ2) is 3.58. The Bertz CT molecular complexity index is 541. The molecule has 0 radical (unpaired) electrons. The zero-order valence-corrected chi connectivity index (χ0v) is 8.10. The molecule has 74 valence electrons. The molecule has 0 saturated carbocycles. The summed E-state index contributed by atoms with van der Waals surface area (Å²) in [7, 11) is 0. The minimum atomic E-state index is 0.186. The third-order valence-corrected chi connectivity index (χ3v) is 2.45. The molecule has 2 aromatic rings. The molecule has 0 aliphatic carbocycles. The van der Waals surface area contributed by atoms with Gasteiger partial charge in [-0.1, -0.05) is 36.9 Å². The van der Waals surface area contributed by atoms with Crippen LogP contribution in [0.2, 0.25) is 0 Å². The van der Waals surface area contributed by atoms with Gasteiger partial charge in [-0.15, -0.1) is 0 Å². The van der Waals surface area contributed by atoms with Crippen molar-refractivity contribution in [2.75, 3.05) is 0 Å². The minimum Gasteiger partial charge on any atom is -0.507 e. The fourth-order valence-electron chi connectivity index (χ4n) is 1.69. The van der Waals surface area contributed by atoms with Crippen molar-refractivity contribution in [1.82, 2.24) is 0 Å². The molecule has 0 amide bonds. The third-order valence-electron chi connectivity index (χ3n) is 2.45. The van der Waals surface area contributed by atoms with Crippen LogP contribution in [0.1, 0.15) is 15.9 Å². The molecule has 1 N–H and O–H groups in total. The van der Waals surface area contributed by atoms with Crippen LogP contribution in [-0.2, 0) is 0 Å². The minimum absolute atomic E-state index is 0.186. The predicted molar refractivity (Wildman–Crippen MR) is 61.1 cm³/mol. The Morgan fingerprint density at radius 1 is 1.13 bits per heavy atom. The van der Waals surface area contributed by atoms with Crippen molar-refractivity contribution in [3.63, 3.8) is 0 Å². The summed E-state index contributed by atoms with van der Waals surface area (Å²) >= 11 is 0. The first-order valence-electron chi connectivity index (χ1n) is 4.60. The molecule has 2 heteroatoms. The Morgan fingerprint density at radius 2 is 1.93 bits per heavy atom. The predicted octanol–water partition coefficient (Wildman–Crippen LogP) is 3.00. The lowest BCUT2D eigenvalue weighted by Gasteiger charge is -2.05. The maximum atomic E-state index is 11.0. The van der Waals surface area contributed by atoms with Crippen LogP contribution in [0, 0.1) is 0 Å². The number of hydrogen-bond donors (Lipinski definition) is 1. The number of carbonyl (C=O) groups is 1. The summed E-state index contributed by atoms with van der Waals surface area (Å²) in [6.07, 6.45) is 2.42. The van der Waals surface area contributed by atoms with E-state index in [-0.39, 0.29) is 5.75 Å². The van der Waals surface area contributed by atoms with E-state index in [0.29, 0.717) is 10.9 Å². The average molecular weight is 198 g/mol. The van der Waals surface area contributed by atoms with Gasteiger partial charge in [0.15, 0.2) is 6.29 Å². The van der Waals surface area contributed by atoms with Gasteiger partial charge in [0.05, 0.1) is 0 Å². The normalized spacial score (nSPS) is 10.1. The Hall–Kier alpha value is -2.09. The highest BCUT2D eigenvalue weighted by molar-refractivity contribution is 6.03. The van der Waals surface area contributed by atoms with E-state index >= 15 is 0 Å². The largest absolute Gasteiger partial charge is 0.507 e. The molecule has 0 atom stereocenters. The van der Waals surface area contributed by atoms with Crippen molar-refractivity contribution in [2.45, 2.75) is 0 Å². The second-order valence-electron chi connectivity index (χ2n) is 3.26. The molecule has 0 heterocycles. The van der Waals surface area contributed by atoms with Crippen molar-refractivity contribution in [1.29, 1.82) is 0 Å². The first kappa shape index (κ1) is 9.46. The van der Waals surface area contributed by atoms with Crippen molar-refractivity contribution in [3.05, 3.63) is 48.0 Å². The summed E-state index contributed by atoms with van der Waals surface area (Å²) in [5.74, 6) is 0.186. The monoisotopic (exact) mass is 198 g/mol. The van der Waals surface area contributed by atoms with Crippen LogP contribution in [0.25, 0.3) is 16.8 Å². The quantitative estimate of drug-likeness (QED) is 0.753. The van der Waals surface area contributed by atoms with Crippen LogP contribution in [0.3, 0.4) is 0 Å². The van der Waals surface area contributed by atoms with Gasteiger partial charge in [0.2, 0.25) is 0 Å². The summed E-state index contributed by atoms with van der Waals surface area (Å²) < 4.78 is 0. The zero-order chi connectivity index (χ0) is 10.8. The molecular formula is C13H10O2. The Balaban J connectivity index is 2.94. The molecule has 2 aromatic carbocycles. The molecule has 0 unspecified atom stereocenters. The lowest BCUT2D eigenvalue weighted by Crippen LogP contribution is -1.88. The zero-order valence-electron chi connectivity index (χ0n) is 8.10. The van der Waals surface area contributed by atoms with E-state index in [1.165, 1.54) is 0 Å². The van der Waals surface area contributed by atoms with Gasteiger partial charge in [0.1, 0.15) is 5.75 Å². The van der Waals surface area contributed by atoms with Gasteiger partial charge in [0, 0.05) is 10.9 Å². The number of fused-ring (bicyclic) bond motifs is 1. The van der Waals surface area contributed by atoms with Crippen LogP contribution in [0.5, 0.6) is 5.75 Å². The molecule has 2 nitrogen and oxygen atoms in total. The third kappa shape index (κ3) is 1.40. The molecule has 0 aliphatic rings. The smallest absolute Gasteiger partial charge is 0.151 e. The highest BCUT2D eigenvalue weighted by atomic mass is 16.3. The highest BCUT2D eigenvalue weighted by Gasteiger charge is 2.06. The number of carbonyl (C=O) groups excluding carboxylic acids is 1. The fraction of sp³-hybridized carbons (Fsp3) is 0. The van der Waals surface area contributed by atoms with Gasteiger partial charge >= 0.3 is 0 Å². The van der Waals surface area contributed by atoms with E-state index in [9.17, 15) is 9.90 Å². The highest BCUT2D eigenvalue weighted by Crippen LogP contribution is 2.28. The van der Waals surface area contributed by atoms with E-state index in [1.807, 2.05) is 6.07 Å². The molecule has 0 aromatic heterocycles. The number of hydrogen-bond acceptors (Lipinski definition) is 2. The number of aldehydes is 1. The maximum absolute atomic E-state index is 11.0. The van der Waals surface area contributed by atoms with Gasteiger partial charge in [-0.25, -0.2) is 0 Å². The first-order valence-corrected chi connectivity index (χ1v) is 4.60. The number of benzene rings is 2. The van der Waals surface area contributed by atoms with Gasteiger partial charge < -0.3 is 5.11 Å². The van der Waals surface area contributed by atoms with Crippen molar-refractivity contribution < 1.29 is 9.90 Å². The van der Waals surface area contributed by atoms with Crippen molar-refractivity contribution >= 4 is 23.1 Å². The van der Waals surface area contributed by atoms with E-state index in [1.54, 1.807) is 30.3 Å². The molecule has 0 bridgehead atoms. The summed E-state index contributed by atoms with van der Waals surface area (Å²) in [4.78, 5) is 11.0. The van der Waals surface area contributed by atoms with Crippen LogP contribution >= 0.6 is 0 Å². The molecule has 15 heavy (non-hydrogen) atoms. The Morgan fingerprint density at radius 3 is 2.60 bits per heavy atom. The number of rotatable bonds is 2. The summed E-state index contributed by atoms with van der Waals surface area (Å²) in [6.45, 7) is 3.65. The number of aromatic hydroxyl groups is 1. The lowest BCUT2D eigenvalue weighted by molar-refractivity contribution is 0.112. The standard InChI is InChI=1S/C13H10O2/c1-2-9-6-7-11-10(12(9)8-14)4-3-5-13(11)15/h2-8,15H,1H2. The molecule has 0 saturated heterocycles. The van der Waals surface area contributed by atoms with Gasteiger partial charge in [0.25, 0.3) is 0 Å². The average Bonchev–Trinajstić information content (AvgIpc) is 2.28. The van der Waals surface area contributed by atoms with E-state index in [2.05, 4.69) is 6.58 Å². The van der Waals surface area contributed by atoms with E-state index in [4.69, 9.17) is 0 Å². The first-order chi connectivity index (χ1) is 7.27. The van der Waals surface area contributed by atoms with Crippen LogP contribution < -0.4 is 0 Å². The number of phenolic OH excluding ortho intramolecular Hbond substituents is 1. The van der Waals surface area contributed by atoms with E-state index < -0.39 is 0 Å². The Labute approximate surface area is 87.5 Å². The topological polar surface area (TPSA) is 37.3 Å². The summed E-state index contributed by atoms with van der Waals surface area (Å²) in [5, 5.41) is 11.1. The maximum Gasteiger partial charge on any atom is 0.151 e. The molecule has 0 spiro atoms. The van der Waals surface area contributed by atoms with E-state index in [0.717, 1.165) is 17.2 Å². The molecule has 0 aliphatic heterocycles. The number of phenols is 1. The molecular weight excluding hydrogens is 188 g/mol. The molecule has 0 fully saturated rings. The van der Waals surface area contributed by atoms with Crippen LogP contribution in [0.4, 0.5) is 0 Å². The SMILES string of the molecule is C=Cc1ccc2c(O)cccc2c1C=O. The van der Waals surface area contributed by atoms with Crippen molar-refractivity contribution in [3.8, 4) is 5.75 Å². The fourth-order valence-corrected chi connectivity index (χ4v) is 1.69. The molecule has 2 rings (SSSR count). The van der Waals surface area contributed by atoms with Crippen LogP contribution in [-0.4, -0.2) is 11.4 Å².